The molecular formula is C15H16FN3O3S2. The minimum atomic E-state index is -1.19. The number of benzene rings is 1. The number of rotatable bonds is 5. The number of aromatic carboxylic acids is 1. The predicted octanol–water partition coefficient (Wildman–Crippen LogP) is 3.67. The standard InChI is InChI=1S/C15H16FN3O3S2/c1-8-5-4-6-9(11(8)16)7-23-13-10(14(20)21)12(24-18-13)17-15(22)19(2)3/h4-6H,7H2,1-3H3,(H,17,22)(H,20,21). The van der Waals surface area contributed by atoms with Crippen LogP contribution in [0.25, 0.3) is 0 Å². The van der Waals surface area contributed by atoms with Crippen LogP contribution in [0, 0.1) is 12.7 Å². The molecule has 0 saturated heterocycles. The number of carboxylic acids is 1. The highest BCUT2D eigenvalue weighted by Gasteiger charge is 2.23. The lowest BCUT2D eigenvalue weighted by Crippen LogP contribution is -2.27. The Morgan fingerprint density at radius 1 is 1.42 bits per heavy atom. The first-order valence-electron chi connectivity index (χ1n) is 6.89. The maximum Gasteiger partial charge on any atom is 0.341 e. The maximum atomic E-state index is 14.0. The number of amides is 2. The molecule has 0 unspecified atom stereocenters. The molecule has 0 fully saturated rings. The van der Waals surface area contributed by atoms with E-state index < -0.39 is 12.0 Å². The fraction of sp³-hybridized carbons (Fsp3) is 0.267. The maximum absolute atomic E-state index is 14.0. The Labute approximate surface area is 146 Å². The van der Waals surface area contributed by atoms with Gasteiger partial charge in [-0.25, -0.2) is 14.0 Å². The third-order valence-electron chi connectivity index (χ3n) is 3.14. The second-order valence-corrected chi connectivity index (χ2v) is 6.90. The molecule has 1 aromatic heterocycles. The molecule has 6 nitrogen and oxygen atoms in total. The van der Waals surface area contributed by atoms with Crippen LogP contribution in [0.15, 0.2) is 23.2 Å². The van der Waals surface area contributed by atoms with Gasteiger partial charge in [0.1, 0.15) is 21.4 Å². The first-order valence-corrected chi connectivity index (χ1v) is 8.65. The molecule has 0 aliphatic rings. The number of carboxylic acid groups (broad SMARTS) is 1. The Morgan fingerprint density at radius 2 is 2.12 bits per heavy atom. The fourth-order valence-electron chi connectivity index (χ4n) is 1.82. The summed E-state index contributed by atoms with van der Waals surface area (Å²) in [5.74, 6) is -1.25. The van der Waals surface area contributed by atoms with E-state index in [0.29, 0.717) is 11.1 Å². The summed E-state index contributed by atoms with van der Waals surface area (Å²) in [6.45, 7) is 1.67. The predicted molar refractivity (Wildman–Crippen MR) is 92.5 cm³/mol. The number of anilines is 1. The lowest BCUT2D eigenvalue weighted by Gasteiger charge is -2.10. The molecule has 0 aliphatic heterocycles. The molecule has 2 amide bonds. The molecule has 24 heavy (non-hydrogen) atoms. The third-order valence-corrected chi connectivity index (χ3v) is 5.04. The van der Waals surface area contributed by atoms with Gasteiger partial charge >= 0.3 is 12.0 Å². The van der Waals surface area contributed by atoms with E-state index in [-0.39, 0.29) is 27.2 Å². The first-order chi connectivity index (χ1) is 11.3. The van der Waals surface area contributed by atoms with E-state index in [0.717, 1.165) is 23.3 Å². The van der Waals surface area contributed by atoms with Gasteiger partial charge in [0.2, 0.25) is 0 Å². The Kier molecular flexibility index (Phi) is 5.79. The second-order valence-electron chi connectivity index (χ2n) is 5.16. The number of hydrogen-bond donors (Lipinski definition) is 2. The summed E-state index contributed by atoms with van der Waals surface area (Å²) in [5, 5.41) is 12.3. The SMILES string of the molecule is Cc1cccc(CSc2nsc(NC(=O)N(C)C)c2C(=O)O)c1F. The number of halogens is 1. The molecule has 2 aromatic rings. The highest BCUT2D eigenvalue weighted by atomic mass is 32.2. The molecular weight excluding hydrogens is 353 g/mol. The van der Waals surface area contributed by atoms with Gasteiger partial charge in [0.25, 0.3) is 0 Å². The highest BCUT2D eigenvalue weighted by molar-refractivity contribution is 7.98. The summed E-state index contributed by atoms with van der Waals surface area (Å²) >= 11 is 2.01. The molecule has 9 heteroatoms. The van der Waals surface area contributed by atoms with E-state index in [1.165, 1.54) is 4.90 Å². The van der Waals surface area contributed by atoms with E-state index in [9.17, 15) is 19.1 Å². The third kappa shape index (κ3) is 4.04. The summed E-state index contributed by atoms with van der Waals surface area (Å²) in [4.78, 5) is 24.5. The Balaban J connectivity index is 2.21. The summed E-state index contributed by atoms with van der Waals surface area (Å²) in [5.41, 5.74) is 0.931. The number of aromatic nitrogens is 1. The Hall–Kier alpha value is -2.13. The quantitative estimate of drug-likeness (QED) is 0.786. The normalized spacial score (nSPS) is 10.5. The first kappa shape index (κ1) is 18.2. The monoisotopic (exact) mass is 369 g/mol. The van der Waals surface area contributed by atoms with Crippen LogP contribution in [-0.2, 0) is 5.75 Å². The Bertz CT molecular complexity index is 777. The van der Waals surface area contributed by atoms with Crippen molar-refractivity contribution in [2.24, 2.45) is 0 Å². The van der Waals surface area contributed by atoms with E-state index in [1.54, 1.807) is 39.2 Å². The van der Waals surface area contributed by atoms with Crippen LogP contribution in [0.2, 0.25) is 0 Å². The number of urea groups is 1. The van der Waals surface area contributed by atoms with Gasteiger partial charge in [-0.15, -0.1) is 0 Å². The lowest BCUT2D eigenvalue weighted by atomic mass is 10.1. The number of nitrogens with one attached hydrogen (secondary N) is 1. The largest absolute Gasteiger partial charge is 0.477 e. The van der Waals surface area contributed by atoms with Crippen LogP contribution in [0.5, 0.6) is 0 Å². The average Bonchev–Trinajstić information content (AvgIpc) is 2.91. The van der Waals surface area contributed by atoms with Gasteiger partial charge in [-0.05, 0) is 29.6 Å². The van der Waals surface area contributed by atoms with Gasteiger partial charge in [0.05, 0.1) is 0 Å². The minimum Gasteiger partial charge on any atom is -0.477 e. The van der Waals surface area contributed by atoms with Crippen molar-refractivity contribution < 1.29 is 19.1 Å². The number of thioether (sulfide) groups is 1. The summed E-state index contributed by atoms with van der Waals surface area (Å²) in [6, 6.07) is 4.62. The molecule has 128 valence electrons. The van der Waals surface area contributed by atoms with E-state index in [1.807, 2.05) is 0 Å². The highest BCUT2D eigenvalue weighted by Crippen LogP contribution is 2.34. The van der Waals surface area contributed by atoms with E-state index in [4.69, 9.17) is 0 Å². The van der Waals surface area contributed by atoms with Crippen molar-refractivity contribution in [3.8, 4) is 0 Å². The van der Waals surface area contributed by atoms with Crippen molar-refractivity contribution in [1.29, 1.82) is 0 Å². The van der Waals surface area contributed by atoms with Crippen molar-refractivity contribution in [1.82, 2.24) is 9.27 Å². The molecule has 1 heterocycles. The van der Waals surface area contributed by atoms with Crippen LogP contribution >= 0.6 is 23.3 Å². The van der Waals surface area contributed by atoms with Crippen molar-refractivity contribution in [3.63, 3.8) is 0 Å². The van der Waals surface area contributed by atoms with Crippen molar-refractivity contribution in [3.05, 3.63) is 40.7 Å². The number of carbonyl (C=O) groups is 2. The minimum absolute atomic E-state index is 0.0757. The Morgan fingerprint density at radius 3 is 2.75 bits per heavy atom. The summed E-state index contributed by atoms with van der Waals surface area (Å²) in [7, 11) is 3.10. The number of hydrogen-bond acceptors (Lipinski definition) is 5. The second kappa shape index (κ2) is 7.63. The van der Waals surface area contributed by atoms with Crippen molar-refractivity contribution in [2.45, 2.75) is 17.7 Å². The van der Waals surface area contributed by atoms with Gasteiger partial charge in [0, 0.05) is 19.8 Å². The molecule has 0 bridgehead atoms. The molecule has 0 atom stereocenters. The molecule has 2 N–H and O–H groups in total. The zero-order valence-electron chi connectivity index (χ0n) is 13.3. The zero-order valence-corrected chi connectivity index (χ0v) is 14.9. The lowest BCUT2D eigenvalue weighted by molar-refractivity contribution is 0.0694. The number of carbonyl (C=O) groups excluding carboxylic acids is 1. The van der Waals surface area contributed by atoms with Gasteiger partial charge in [-0.2, -0.15) is 4.37 Å². The number of nitrogens with zero attached hydrogens (tertiary/aromatic N) is 2. The molecule has 1 aromatic carbocycles. The van der Waals surface area contributed by atoms with Gasteiger partial charge in [-0.1, -0.05) is 30.0 Å². The van der Waals surface area contributed by atoms with Crippen LogP contribution in [-0.4, -0.2) is 40.5 Å². The summed E-state index contributed by atoms with van der Waals surface area (Å²) in [6.07, 6.45) is 0. The molecule has 2 rings (SSSR count). The smallest absolute Gasteiger partial charge is 0.341 e. The average molecular weight is 369 g/mol. The van der Waals surface area contributed by atoms with Crippen molar-refractivity contribution >= 4 is 40.3 Å². The van der Waals surface area contributed by atoms with Crippen LogP contribution in [0.4, 0.5) is 14.2 Å². The van der Waals surface area contributed by atoms with Crippen LogP contribution in [0.1, 0.15) is 21.5 Å². The molecule has 0 aliphatic carbocycles. The summed E-state index contributed by atoms with van der Waals surface area (Å²) < 4.78 is 18.1. The topological polar surface area (TPSA) is 82.5 Å². The van der Waals surface area contributed by atoms with Gasteiger partial charge in [-0.3, -0.25) is 5.32 Å². The van der Waals surface area contributed by atoms with E-state index >= 15 is 0 Å². The molecule has 0 saturated carbocycles. The molecule has 0 radical (unpaired) electrons. The van der Waals surface area contributed by atoms with Gasteiger partial charge < -0.3 is 10.0 Å². The van der Waals surface area contributed by atoms with Crippen LogP contribution < -0.4 is 5.32 Å². The fourth-order valence-corrected chi connectivity index (χ4v) is 3.73. The number of aryl methyl sites for hydroxylation is 1. The van der Waals surface area contributed by atoms with Crippen molar-refractivity contribution in [2.75, 3.05) is 19.4 Å². The zero-order chi connectivity index (χ0) is 17.9. The van der Waals surface area contributed by atoms with Crippen LogP contribution in [0.3, 0.4) is 0 Å². The van der Waals surface area contributed by atoms with Gasteiger partial charge in [0.15, 0.2) is 0 Å². The van der Waals surface area contributed by atoms with E-state index in [2.05, 4.69) is 9.69 Å². The molecule has 0 spiro atoms.